The van der Waals surface area contributed by atoms with Gasteiger partial charge in [0.15, 0.2) is 0 Å². The van der Waals surface area contributed by atoms with Crippen LogP contribution in [0.5, 0.6) is 0 Å². The van der Waals surface area contributed by atoms with Crippen LogP contribution in [0.3, 0.4) is 0 Å². The summed E-state index contributed by atoms with van der Waals surface area (Å²) in [6.07, 6.45) is 4.08. The number of anilines is 2. The van der Waals surface area contributed by atoms with Gasteiger partial charge in [0, 0.05) is 17.8 Å². The van der Waals surface area contributed by atoms with Crippen LogP contribution in [0, 0.1) is 0 Å². The lowest BCUT2D eigenvalue weighted by atomic mass is 10.1. The molecule has 0 saturated heterocycles. The van der Waals surface area contributed by atoms with Crippen LogP contribution in [0.15, 0.2) is 72.8 Å². The van der Waals surface area contributed by atoms with Crippen molar-refractivity contribution < 1.29 is 4.79 Å². The van der Waals surface area contributed by atoms with Crippen molar-refractivity contribution in [3.8, 4) is 0 Å². The van der Waals surface area contributed by atoms with Crippen LogP contribution in [0.2, 0.25) is 0 Å². The summed E-state index contributed by atoms with van der Waals surface area (Å²) >= 11 is 0. The molecule has 0 spiro atoms. The van der Waals surface area contributed by atoms with Crippen molar-refractivity contribution in [1.82, 2.24) is 9.55 Å². The Balaban J connectivity index is 0.00000289. The number of rotatable bonds is 8. The summed E-state index contributed by atoms with van der Waals surface area (Å²) < 4.78 is 2.04. The second-order valence-electron chi connectivity index (χ2n) is 7.82. The van der Waals surface area contributed by atoms with Crippen molar-refractivity contribution in [2.24, 2.45) is 0 Å². The van der Waals surface area contributed by atoms with E-state index in [2.05, 4.69) is 41.5 Å². The average Bonchev–Trinajstić information content (AvgIpc) is 3.09. The maximum absolute atomic E-state index is 12.6. The highest BCUT2D eigenvalue weighted by Crippen LogP contribution is 2.23. The van der Waals surface area contributed by atoms with Crippen molar-refractivity contribution >= 4 is 41.0 Å². The lowest BCUT2D eigenvalue weighted by molar-refractivity contribution is 0.102. The van der Waals surface area contributed by atoms with Gasteiger partial charge in [0.1, 0.15) is 0 Å². The first-order chi connectivity index (χ1) is 15.1. The molecule has 0 saturated carbocycles. The zero-order chi connectivity index (χ0) is 21.6. The molecule has 0 aliphatic heterocycles. The van der Waals surface area contributed by atoms with E-state index in [9.17, 15) is 4.79 Å². The molecule has 0 aliphatic carbocycles. The Morgan fingerprint density at radius 3 is 2.41 bits per heavy atom. The van der Waals surface area contributed by atoms with Gasteiger partial charge in [0.2, 0.25) is 5.95 Å². The Labute approximate surface area is 195 Å². The molecule has 1 aromatic heterocycles. The van der Waals surface area contributed by atoms with E-state index in [1.807, 2.05) is 53.1 Å². The van der Waals surface area contributed by atoms with E-state index in [0.717, 1.165) is 43.3 Å². The third-order valence-electron chi connectivity index (χ3n) is 5.48. The first-order valence-electron chi connectivity index (χ1n) is 10.8. The van der Waals surface area contributed by atoms with Crippen molar-refractivity contribution in [2.75, 3.05) is 11.1 Å². The van der Waals surface area contributed by atoms with Gasteiger partial charge < -0.3 is 15.6 Å². The molecular weight excluding hydrogens is 420 g/mol. The predicted molar refractivity (Wildman–Crippen MR) is 135 cm³/mol. The molecule has 32 heavy (non-hydrogen) atoms. The number of carbonyl (C=O) groups is 1. The number of fused-ring (bicyclic) bond motifs is 1. The first-order valence-corrected chi connectivity index (χ1v) is 10.8. The Kier molecular flexibility index (Phi) is 7.90. The van der Waals surface area contributed by atoms with Crippen molar-refractivity contribution in [2.45, 2.75) is 39.2 Å². The second-order valence-corrected chi connectivity index (χ2v) is 7.82. The highest BCUT2D eigenvalue weighted by Gasteiger charge is 2.11. The number of carbonyl (C=O) groups excluding carboxylic acids is 1. The van der Waals surface area contributed by atoms with Crippen molar-refractivity contribution in [3.05, 3.63) is 89.5 Å². The summed E-state index contributed by atoms with van der Waals surface area (Å²) in [4.78, 5) is 17.1. The number of benzene rings is 3. The molecule has 1 amide bonds. The van der Waals surface area contributed by atoms with Crippen LogP contribution in [0.25, 0.3) is 11.0 Å². The Bertz CT molecular complexity index is 1170. The first kappa shape index (κ1) is 23.4. The number of aromatic nitrogens is 2. The summed E-state index contributed by atoms with van der Waals surface area (Å²) in [5.41, 5.74) is 11.9. The fourth-order valence-corrected chi connectivity index (χ4v) is 3.86. The van der Waals surface area contributed by atoms with Gasteiger partial charge in [-0.15, -0.1) is 12.4 Å². The molecule has 0 aliphatic rings. The summed E-state index contributed by atoms with van der Waals surface area (Å²) in [6.45, 7) is 2.95. The van der Waals surface area contributed by atoms with Gasteiger partial charge in [-0.25, -0.2) is 4.98 Å². The minimum absolute atomic E-state index is 0. The number of hydrogen-bond acceptors (Lipinski definition) is 3. The van der Waals surface area contributed by atoms with Crippen LogP contribution in [0.4, 0.5) is 11.6 Å². The van der Waals surface area contributed by atoms with E-state index in [0.29, 0.717) is 17.2 Å². The molecule has 0 atom stereocenters. The third-order valence-corrected chi connectivity index (χ3v) is 5.48. The third kappa shape index (κ3) is 5.48. The molecule has 0 bridgehead atoms. The highest BCUT2D eigenvalue weighted by atomic mass is 35.5. The molecule has 4 rings (SSSR count). The molecule has 3 N–H and O–H groups in total. The molecule has 166 valence electrons. The SMILES string of the molecule is CCCc1ccc(C(=O)Nc2ccc3c(c2)nc(N)n3CCCc2ccccc2)cc1.Cl. The maximum atomic E-state index is 12.6. The van der Waals surface area contributed by atoms with E-state index in [4.69, 9.17) is 5.73 Å². The molecule has 0 fully saturated rings. The Morgan fingerprint density at radius 2 is 1.69 bits per heavy atom. The van der Waals surface area contributed by atoms with E-state index in [-0.39, 0.29) is 18.3 Å². The minimum Gasteiger partial charge on any atom is -0.369 e. The maximum Gasteiger partial charge on any atom is 0.255 e. The Hall–Kier alpha value is -3.31. The van der Waals surface area contributed by atoms with E-state index in [1.54, 1.807) is 0 Å². The minimum atomic E-state index is -0.127. The number of nitrogens with zero attached hydrogens (tertiary/aromatic N) is 2. The molecule has 0 unspecified atom stereocenters. The highest BCUT2D eigenvalue weighted by molar-refractivity contribution is 6.05. The molecule has 1 heterocycles. The molecule has 4 aromatic rings. The summed E-state index contributed by atoms with van der Waals surface area (Å²) in [7, 11) is 0. The molecule has 3 aromatic carbocycles. The fourth-order valence-electron chi connectivity index (χ4n) is 3.86. The zero-order valence-corrected chi connectivity index (χ0v) is 19.1. The summed E-state index contributed by atoms with van der Waals surface area (Å²) in [6, 6.07) is 24.0. The zero-order valence-electron chi connectivity index (χ0n) is 18.3. The number of nitrogens with two attached hydrogens (primary N) is 1. The van der Waals surface area contributed by atoms with Crippen LogP contribution in [0.1, 0.15) is 41.3 Å². The summed E-state index contributed by atoms with van der Waals surface area (Å²) in [5.74, 6) is 0.371. The van der Waals surface area contributed by atoms with Gasteiger partial charge in [-0.05, 0) is 60.7 Å². The number of aryl methyl sites for hydroxylation is 3. The predicted octanol–water partition coefficient (Wildman–Crippen LogP) is 5.88. The average molecular weight is 449 g/mol. The standard InChI is InChI=1S/C26H28N4O.ClH/c1-2-7-19-11-13-21(14-12-19)25(31)28-22-15-16-24-23(18-22)29-26(27)30(24)17-6-10-20-8-4-3-5-9-20;/h3-5,8-9,11-16,18H,2,6-7,10,17H2,1H3,(H2,27,29)(H,28,31);1H. The normalized spacial score (nSPS) is 10.7. The lowest BCUT2D eigenvalue weighted by Gasteiger charge is -2.08. The van der Waals surface area contributed by atoms with Gasteiger partial charge in [-0.2, -0.15) is 0 Å². The van der Waals surface area contributed by atoms with Crippen molar-refractivity contribution in [1.29, 1.82) is 0 Å². The van der Waals surface area contributed by atoms with Crippen molar-refractivity contribution in [3.63, 3.8) is 0 Å². The second kappa shape index (κ2) is 10.8. The number of halogens is 1. The topological polar surface area (TPSA) is 72.9 Å². The number of hydrogen-bond donors (Lipinski definition) is 2. The van der Waals surface area contributed by atoms with Gasteiger partial charge in [-0.3, -0.25) is 4.79 Å². The van der Waals surface area contributed by atoms with Crippen LogP contribution < -0.4 is 11.1 Å². The number of imidazole rings is 1. The lowest BCUT2D eigenvalue weighted by Crippen LogP contribution is -2.11. The number of nitrogen functional groups attached to an aromatic ring is 1. The largest absolute Gasteiger partial charge is 0.369 e. The summed E-state index contributed by atoms with van der Waals surface area (Å²) in [5, 5.41) is 2.97. The number of nitrogens with one attached hydrogen (secondary N) is 1. The molecular formula is C26H29ClN4O. The van der Waals surface area contributed by atoms with Gasteiger partial charge in [-0.1, -0.05) is 55.8 Å². The molecule has 0 radical (unpaired) electrons. The van der Waals surface area contributed by atoms with E-state index < -0.39 is 0 Å². The number of amides is 1. The van der Waals surface area contributed by atoms with Gasteiger partial charge >= 0.3 is 0 Å². The Morgan fingerprint density at radius 1 is 0.969 bits per heavy atom. The quantitative estimate of drug-likeness (QED) is 0.353. The van der Waals surface area contributed by atoms with Crippen LogP contribution in [-0.2, 0) is 19.4 Å². The molecule has 5 nitrogen and oxygen atoms in total. The van der Waals surface area contributed by atoms with E-state index >= 15 is 0 Å². The van der Waals surface area contributed by atoms with Crippen LogP contribution in [-0.4, -0.2) is 15.5 Å². The molecule has 6 heteroatoms. The van der Waals surface area contributed by atoms with Crippen LogP contribution >= 0.6 is 12.4 Å². The van der Waals surface area contributed by atoms with Gasteiger partial charge in [0.25, 0.3) is 5.91 Å². The smallest absolute Gasteiger partial charge is 0.255 e. The fraction of sp³-hybridized carbons (Fsp3) is 0.231. The monoisotopic (exact) mass is 448 g/mol. The van der Waals surface area contributed by atoms with Gasteiger partial charge in [0.05, 0.1) is 11.0 Å². The van der Waals surface area contributed by atoms with E-state index in [1.165, 1.54) is 11.1 Å².